The van der Waals surface area contributed by atoms with Crippen LogP contribution in [0.1, 0.15) is 19.3 Å². The fourth-order valence-corrected chi connectivity index (χ4v) is 1.76. The quantitative estimate of drug-likeness (QED) is 0.700. The van der Waals surface area contributed by atoms with Crippen molar-refractivity contribution in [2.24, 2.45) is 5.92 Å². The van der Waals surface area contributed by atoms with E-state index in [0.717, 1.165) is 12.4 Å². The Morgan fingerprint density at radius 1 is 1.54 bits per heavy atom. The van der Waals surface area contributed by atoms with Gasteiger partial charge in [0.2, 0.25) is 0 Å². The Balaban J connectivity index is 1.98. The molecular formula is C10H15N3. The molecule has 1 aliphatic rings. The molecule has 1 unspecified atom stereocenters. The maximum atomic E-state index is 5.74. The molecule has 70 valence electrons. The Hall–Kier alpha value is -1.25. The van der Waals surface area contributed by atoms with Gasteiger partial charge in [-0.1, -0.05) is 12.2 Å². The topological polar surface area (TPSA) is 43.8 Å². The first-order valence-electron chi connectivity index (χ1n) is 4.78. The van der Waals surface area contributed by atoms with Crippen LogP contribution < -0.4 is 5.73 Å². The van der Waals surface area contributed by atoms with E-state index in [0.29, 0.717) is 5.92 Å². The molecule has 0 radical (unpaired) electrons. The van der Waals surface area contributed by atoms with Crippen LogP contribution >= 0.6 is 0 Å². The molecule has 0 saturated heterocycles. The van der Waals surface area contributed by atoms with E-state index >= 15 is 0 Å². The summed E-state index contributed by atoms with van der Waals surface area (Å²) in [6, 6.07) is 1.85. The van der Waals surface area contributed by atoms with Crippen molar-refractivity contribution < 1.29 is 0 Å². The van der Waals surface area contributed by atoms with Gasteiger partial charge in [0.15, 0.2) is 0 Å². The van der Waals surface area contributed by atoms with Crippen LogP contribution in [-0.4, -0.2) is 9.78 Å². The van der Waals surface area contributed by atoms with Crippen LogP contribution in [0.5, 0.6) is 0 Å². The fourth-order valence-electron chi connectivity index (χ4n) is 1.76. The van der Waals surface area contributed by atoms with Gasteiger partial charge < -0.3 is 5.73 Å². The van der Waals surface area contributed by atoms with E-state index in [-0.39, 0.29) is 0 Å². The lowest BCUT2D eigenvalue weighted by atomic mass is 9.94. The monoisotopic (exact) mass is 177 g/mol. The molecule has 1 aromatic heterocycles. The van der Waals surface area contributed by atoms with Crippen molar-refractivity contribution >= 4 is 5.82 Å². The first kappa shape index (κ1) is 8.35. The Labute approximate surface area is 78.2 Å². The van der Waals surface area contributed by atoms with E-state index in [1.54, 1.807) is 6.20 Å². The average Bonchev–Trinajstić information content (AvgIpc) is 2.54. The van der Waals surface area contributed by atoms with Crippen LogP contribution in [0.3, 0.4) is 0 Å². The van der Waals surface area contributed by atoms with Gasteiger partial charge in [0.05, 0.1) is 6.20 Å². The van der Waals surface area contributed by atoms with E-state index in [9.17, 15) is 0 Å². The van der Waals surface area contributed by atoms with E-state index in [1.165, 1.54) is 19.3 Å². The maximum Gasteiger partial charge on any atom is 0.121 e. The lowest BCUT2D eigenvalue weighted by Gasteiger charge is -2.17. The highest BCUT2D eigenvalue weighted by molar-refractivity contribution is 5.25. The number of hydrogen-bond donors (Lipinski definition) is 1. The van der Waals surface area contributed by atoms with Gasteiger partial charge in [0.25, 0.3) is 0 Å². The minimum Gasteiger partial charge on any atom is -0.384 e. The molecule has 1 heterocycles. The number of hydrogen-bond acceptors (Lipinski definition) is 2. The number of aromatic nitrogens is 2. The highest BCUT2D eigenvalue weighted by Gasteiger charge is 2.11. The zero-order valence-electron chi connectivity index (χ0n) is 7.69. The molecule has 1 aliphatic carbocycles. The predicted octanol–water partition coefficient (Wildman–Crippen LogP) is 1.82. The Kier molecular flexibility index (Phi) is 2.34. The van der Waals surface area contributed by atoms with Crippen LogP contribution in [0.4, 0.5) is 5.82 Å². The van der Waals surface area contributed by atoms with Crippen LogP contribution in [0, 0.1) is 5.92 Å². The average molecular weight is 177 g/mol. The molecule has 2 N–H and O–H groups in total. The molecule has 0 amide bonds. The Morgan fingerprint density at radius 3 is 3.08 bits per heavy atom. The van der Waals surface area contributed by atoms with Crippen molar-refractivity contribution in [3.8, 4) is 0 Å². The molecule has 0 spiro atoms. The summed E-state index contributed by atoms with van der Waals surface area (Å²) in [5, 5.41) is 4.18. The molecule has 13 heavy (non-hydrogen) atoms. The third kappa shape index (κ3) is 1.91. The standard InChI is InChI=1S/C10H15N3/c11-10-6-7-12-13(10)8-9-4-2-1-3-5-9/h1-2,6-7,9H,3-5,8,11H2. The second kappa shape index (κ2) is 3.64. The van der Waals surface area contributed by atoms with Gasteiger partial charge >= 0.3 is 0 Å². The second-order valence-corrected chi connectivity index (χ2v) is 3.59. The molecule has 0 saturated carbocycles. The minimum absolute atomic E-state index is 0.715. The van der Waals surface area contributed by atoms with Crippen molar-refractivity contribution in [1.82, 2.24) is 9.78 Å². The van der Waals surface area contributed by atoms with Gasteiger partial charge in [-0.25, -0.2) is 4.68 Å². The van der Waals surface area contributed by atoms with Crippen LogP contribution in [-0.2, 0) is 6.54 Å². The zero-order valence-corrected chi connectivity index (χ0v) is 7.69. The van der Waals surface area contributed by atoms with Crippen LogP contribution in [0.2, 0.25) is 0 Å². The van der Waals surface area contributed by atoms with E-state index < -0.39 is 0 Å². The number of nitrogens with two attached hydrogens (primary N) is 1. The molecule has 0 bridgehead atoms. The fraction of sp³-hybridized carbons (Fsp3) is 0.500. The van der Waals surface area contributed by atoms with Crippen molar-refractivity contribution in [3.63, 3.8) is 0 Å². The summed E-state index contributed by atoms with van der Waals surface area (Å²) < 4.78 is 1.89. The van der Waals surface area contributed by atoms with E-state index in [1.807, 2.05) is 10.7 Å². The Bertz CT molecular complexity index is 301. The van der Waals surface area contributed by atoms with Crippen molar-refractivity contribution in [1.29, 1.82) is 0 Å². The van der Waals surface area contributed by atoms with E-state index in [4.69, 9.17) is 5.73 Å². The number of allylic oxidation sites excluding steroid dienone is 2. The smallest absolute Gasteiger partial charge is 0.121 e. The molecule has 0 aromatic carbocycles. The minimum atomic E-state index is 0.715. The summed E-state index contributed by atoms with van der Waals surface area (Å²) in [4.78, 5) is 0. The second-order valence-electron chi connectivity index (χ2n) is 3.59. The predicted molar refractivity (Wildman–Crippen MR) is 53.1 cm³/mol. The van der Waals surface area contributed by atoms with Crippen LogP contribution in [0.25, 0.3) is 0 Å². The number of nitrogens with zero attached hydrogens (tertiary/aromatic N) is 2. The van der Waals surface area contributed by atoms with Gasteiger partial charge in [0, 0.05) is 6.54 Å². The number of rotatable bonds is 2. The van der Waals surface area contributed by atoms with Gasteiger partial charge in [-0.2, -0.15) is 5.10 Å². The molecule has 2 rings (SSSR count). The van der Waals surface area contributed by atoms with Gasteiger partial charge in [-0.15, -0.1) is 0 Å². The van der Waals surface area contributed by atoms with Gasteiger partial charge in [0.1, 0.15) is 5.82 Å². The normalized spacial score (nSPS) is 22.0. The third-order valence-electron chi connectivity index (χ3n) is 2.56. The largest absolute Gasteiger partial charge is 0.384 e. The summed E-state index contributed by atoms with van der Waals surface area (Å²) in [5.41, 5.74) is 5.74. The molecule has 1 aromatic rings. The van der Waals surface area contributed by atoms with Gasteiger partial charge in [-0.3, -0.25) is 0 Å². The zero-order chi connectivity index (χ0) is 9.10. The number of anilines is 1. The molecule has 0 aliphatic heterocycles. The van der Waals surface area contributed by atoms with Crippen molar-refractivity contribution in [3.05, 3.63) is 24.4 Å². The first-order valence-corrected chi connectivity index (χ1v) is 4.78. The van der Waals surface area contributed by atoms with Gasteiger partial charge in [-0.05, 0) is 31.2 Å². The SMILES string of the molecule is Nc1ccnn1CC1CC=CCC1. The summed E-state index contributed by atoms with van der Waals surface area (Å²) in [6.45, 7) is 0.961. The molecule has 0 fully saturated rings. The molecular weight excluding hydrogens is 162 g/mol. The van der Waals surface area contributed by atoms with Crippen molar-refractivity contribution in [2.45, 2.75) is 25.8 Å². The highest BCUT2D eigenvalue weighted by Crippen LogP contribution is 2.20. The maximum absolute atomic E-state index is 5.74. The Morgan fingerprint density at radius 2 is 2.46 bits per heavy atom. The van der Waals surface area contributed by atoms with Crippen LogP contribution in [0.15, 0.2) is 24.4 Å². The molecule has 3 nitrogen and oxygen atoms in total. The molecule has 3 heteroatoms. The van der Waals surface area contributed by atoms with E-state index in [2.05, 4.69) is 17.3 Å². The number of nitrogen functional groups attached to an aromatic ring is 1. The lowest BCUT2D eigenvalue weighted by Crippen LogP contribution is -2.14. The third-order valence-corrected chi connectivity index (χ3v) is 2.56. The van der Waals surface area contributed by atoms with Crippen molar-refractivity contribution in [2.75, 3.05) is 5.73 Å². The molecule has 1 atom stereocenters. The summed E-state index contributed by atoms with van der Waals surface area (Å²) in [6.07, 6.45) is 9.89. The lowest BCUT2D eigenvalue weighted by molar-refractivity contribution is 0.392. The summed E-state index contributed by atoms with van der Waals surface area (Å²) >= 11 is 0. The summed E-state index contributed by atoms with van der Waals surface area (Å²) in [7, 11) is 0. The first-order chi connectivity index (χ1) is 6.36. The highest BCUT2D eigenvalue weighted by atomic mass is 15.3. The summed E-state index contributed by atoms with van der Waals surface area (Å²) in [5.74, 6) is 1.49.